The zero-order valence-electron chi connectivity index (χ0n) is 34.6. The van der Waals surface area contributed by atoms with Crippen LogP contribution in [0, 0.1) is 0 Å². The van der Waals surface area contributed by atoms with Gasteiger partial charge in [0.1, 0.15) is 12.2 Å². The Kier molecular flexibility index (Phi) is 67.7. The molecule has 0 heterocycles. The number of unbranched alkanes of at least 4 members (excludes halogenated alkanes) is 28. The molecule has 0 aromatic heterocycles. The minimum Gasteiger partial charge on any atom is -0.550 e. The van der Waals surface area contributed by atoms with Gasteiger partial charge in [-0.3, -0.25) is 0 Å². The molecule has 6 N–H and O–H groups in total. The number of carbonyl (C=O) groups is 2. The fraction of sp³-hybridized carbons (Fsp3) is 0.952. The van der Waals surface area contributed by atoms with E-state index in [2.05, 4.69) is 13.8 Å². The first-order valence-electron chi connectivity index (χ1n) is 21.4. The smallest absolute Gasteiger partial charge is 0.550 e. The first-order chi connectivity index (χ1) is 25.2. The monoisotopic (exact) mass is 775 g/mol. The summed E-state index contributed by atoms with van der Waals surface area (Å²) in [5.74, 6) is -1.81. The third-order valence-corrected chi connectivity index (χ3v) is 8.81. The summed E-state index contributed by atoms with van der Waals surface area (Å²) in [5.41, 5.74) is 0. The van der Waals surface area contributed by atoms with Crippen molar-refractivity contribution in [1.82, 2.24) is 0 Å². The number of aliphatic hydroxyl groups is 6. The van der Waals surface area contributed by atoms with E-state index < -0.39 is 24.1 Å². The van der Waals surface area contributed by atoms with Crippen molar-refractivity contribution in [3.8, 4) is 0 Å². The first kappa shape index (κ1) is 61.7. The molecule has 53 heavy (non-hydrogen) atoms. The summed E-state index contributed by atoms with van der Waals surface area (Å²) in [4.78, 5) is 20.4. The maximum absolute atomic E-state index is 10.2. The van der Waals surface area contributed by atoms with E-state index in [9.17, 15) is 19.8 Å². The van der Waals surface area contributed by atoms with Gasteiger partial charge in [-0.2, -0.15) is 0 Å². The second-order valence-electron chi connectivity index (χ2n) is 14.2. The molecule has 0 bridgehead atoms. The predicted octanol–water partition coefficient (Wildman–Crippen LogP) is 6.28. The number of hydrogen-bond acceptors (Lipinski definition) is 10. The quantitative estimate of drug-likeness (QED) is 0.0311. The molecule has 0 fully saturated rings. The fourth-order valence-corrected chi connectivity index (χ4v) is 5.40. The molecule has 0 aliphatic rings. The van der Waals surface area contributed by atoms with Crippen LogP contribution in [-0.2, 0) is 9.59 Å². The Hall–Kier alpha value is -0.534. The van der Waals surface area contributed by atoms with Gasteiger partial charge in [-0.05, 0) is 25.7 Å². The largest absolute Gasteiger partial charge is 2.00 e. The van der Waals surface area contributed by atoms with Gasteiger partial charge in [0.05, 0.1) is 26.4 Å². The van der Waals surface area contributed by atoms with Gasteiger partial charge in [-0.15, -0.1) is 0 Å². The number of rotatable bonds is 36. The molecule has 10 nitrogen and oxygen atoms in total. The molecule has 0 saturated heterocycles. The number of aliphatic hydroxyl groups excluding tert-OH is 6. The molecule has 11 heteroatoms. The van der Waals surface area contributed by atoms with Crippen LogP contribution in [0.4, 0.5) is 0 Å². The molecule has 0 aliphatic carbocycles. The Morgan fingerprint density at radius 3 is 0.623 bits per heavy atom. The van der Waals surface area contributed by atoms with E-state index >= 15 is 0 Å². The van der Waals surface area contributed by atoms with Crippen molar-refractivity contribution in [2.45, 2.75) is 232 Å². The Bertz CT molecular complexity index is 595. The van der Waals surface area contributed by atoms with Gasteiger partial charge in [-0.25, -0.2) is 0 Å². The third kappa shape index (κ3) is 73.2. The van der Waals surface area contributed by atoms with Crippen molar-refractivity contribution in [2.24, 2.45) is 0 Å². The van der Waals surface area contributed by atoms with Gasteiger partial charge in [0.2, 0.25) is 0 Å². The van der Waals surface area contributed by atoms with E-state index in [0.717, 1.165) is 25.7 Å². The molecule has 0 aromatic carbocycles. The SMILES string of the molecule is CCCCCCCCCCCCCCCCCC(=O)[O-].CCCCCCCCCCCCCCCCCC(=O)[O-].OCC(O)CO.OCC(O)CO.[Mg+2]. The molecule has 316 valence electrons. The van der Waals surface area contributed by atoms with Crippen LogP contribution in [0.5, 0.6) is 0 Å². The van der Waals surface area contributed by atoms with Crippen molar-refractivity contribution in [1.29, 1.82) is 0 Å². The van der Waals surface area contributed by atoms with Crippen LogP contribution in [-0.4, -0.2) is 104 Å². The van der Waals surface area contributed by atoms with E-state index in [0.29, 0.717) is 0 Å². The standard InChI is InChI=1S/2C18H36O2.2C3H8O3.Mg/c2*1-2-3-4-5-6-7-8-9-10-11-12-13-14-15-16-17-18(19)20;2*4-1-3(6)2-5;/h2*2-17H2,1H3,(H,19,20);2*3-6H,1-2H2;/q;;;;+2/p-2. The van der Waals surface area contributed by atoms with Crippen LogP contribution in [0.3, 0.4) is 0 Å². The normalized spacial score (nSPS) is 10.5. The molecule has 0 amide bonds. The van der Waals surface area contributed by atoms with Crippen molar-refractivity contribution in [2.75, 3.05) is 26.4 Å². The average molecular weight is 775 g/mol. The van der Waals surface area contributed by atoms with E-state index in [-0.39, 0.29) is 62.3 Å². The molecular weight excluding hydrogens is 689 g/mol. The number of carbonyl (C=O) groups excluding carboxylic acids is 2. The van der Waals surface area contributed by atoms with Gasteiger partial charge in [-0.1, -0.05) is 194 Å². The van der Waals surface area contributed by atoms with E-state index in [4.69, 9.17) is 30.6 Å². The second kappa shape index (κ2) is 58.2. The minimum atomic E-state index is -0.954. The van der Waals surface area contributed by atoms with Crippen LogP contribution < -0.4 is 10.2 Å². The number of carboxylic acid groups (broad SMARTS) is 2. The van der Waals surface area contributed by atoms with Crippen molar-refractivity contribution < 1.29 is 50.4 Å². The van der Waals surface area contributed by atoms with Gasteiger partial charge in [0, 0.05) is 11.9 Å². The van der Waals surface area contributed by atoms with Gasteiger partial charge in [0.25, 0.3) is 0 Å². The fourth-order valence-electron chi connectivity index (χ4n) is 5.40. The second-order valence-corrected chi connectivity index (χ2v) is 14.2. The Balaban J connectivity index is -0.000000218. The third-order valence-electron chi connectivity index (χ3n) is 8.81. The van der Waals surface area contributed by atoms with Crippen molar-refractivity contribution >= 4 is 35.0 Å². The Morgan fingerprint density at radius 1 is 0.358 bits per heavy atom. The summed E-state index contributed by atoms with van der Waals surface area (Å²) in [6.45, 7) is 3.08. The van der Waals surface area contributed by atoms with Gasteiger partial charge >= 0.3 is 23.1 Å². The molecular formula is C42H86MgO10. The van der Waals surface area contributed by atoms with Crippen molar-refractivity contribution in [3.63, 3.8) is 0 Å². The topological polar surface area (TPSA) is 202 Å². The maximum atomic E-state index is 10.2. The van der Waals surface area contributed by atoms with E-state index in [1.807, 2.05) is 0 Å². The molecule has 0 atom stereocenters. The van der Waals surface area contributed by atoms with Crippen LogP contribution in [0.15, 0.2) is 0 Å². The molecule has 0 radical (unpaired) electrons. The summed E-state index contributed by atoms with van der Waals surface area (Å²) in [6.07, 6.45) is 37.8. The van der Waals surface area contributed by atoms with E-state index in [1.165, 1.54) is 167 Å². The molecule has 0 unspecified atom stereocenters. The van der Waals surface area contributed by atoms with Gasteiger partial charge in [0.15, 0.2) is 0 Å². The number of carboxylic acids is 2. The number of hydrogen-bond donors (Lipinski definition) is 6. The summed E-state index contributed by atoms with van der Waals surface area (Å²) >= 11 is 0. The van der Waals surface area contributed by atoms with Crippen LogP contribution >= 0.6 is 0 Å². The average Bonchev–Trinajstić information content (AvgIpc) is 3.14. The zero-order chi connectivity index (χ0) is 39.8. The van der Waals surface area contributed by atoms with Crippen LogP contribution in [0.25, 0.3) is 0 Å². The van der Waals surface area contributed by atoms with E-state index in [1.54, 1.807) is 0 Å². The summed E-state index contributed by atoms with van der Waals surface area (Å²) in [6, 6.07) is 0. The maximum Gasteiger partial charge on any atom is 2.00 e. The van der Waals surface area contributed by atoms with Crippen LogP contribution in [0.2, 0.25) is 0 Å². The van der Waals surface area contributed by atoms with Crippen LogP contribution in [0.1, 0.15) is 219 Å². The molecule has 0 aliphatic heterocycles. The van der Waals surface area contributed by atoms with Crippen molar-refractivity contribution in [3.05, 3.63) is 0 Å². The molecule has 0 saturated carbocycles. The summed E-state index contributed by atoms with van der Waals surface area (Å²) < 4.78 is 0. The zero-order valence-corrected chi connectivity index (χ0v) is 36.0. The first-order valence-corrected chi connectivity index (χ1v) is 21.4. The number of aliphatic carboxylic acids is 2. The molecule has 0 rings (SSSR count). The Morgan fingerprint density at radius 2 is 0.509 bits per heavy atom. The predicted molar refractivity (Wildman–Crippen MR) is 215 cm³/mol. The molecule has 0 aromatic rings. The summed E-state index contributed by atoms with van der Waals surface area (Å²) in [5, 5.41) is 68.5. The Labute approximate surface area is 342 Å². The molecule has 0 spiro atoms. The van der Waals surface area contributed by atoms with Gasteiger partial charge < -0.3 is 50.4 Å². The minimum absolute atomic E-state index is 0. The summed E-state index contributed by atoms with van der Waals surface area (Å²) in [7, 11) is 0.